The Kier molecular flexibility index (Phi) is 9.39. The normalized spacial score (nSPS) is 14.5. The van der Waals surface area contributed by atoms with Crippen molar-refractivity contribution in [2.24, 2.45) is 5.92 Å². The van der Waals surface area contributed by atoms with E-state index in [1.165, 1.54) is 13.4 Å². The molecule has 41 heavy (non-hydrogen) atoms. The lowest BCUT2D eigenvalue weighted by Gasteiger charge is -2.23. The van der Waals surface area contributed by atoms with Crippen molar-refractivity contribution in [1.29, 1.82) is 0 Å². The van der Waals surface area contributed by atoms with Crippen LogP contribution >= 0.6 is 0 Å². The molecule has 0 spiro atoms. The molecular formula is C32H41N3O5S. The number of benzene rings is 2. The first-order valence-electron chi connectivity index (χ1n) is 14.0. The van der Waals surface area contributed by atoms with Crippen LogP contribution in [0.3, 0.4) is 0 Å². The Hall–Kier alpha value is -3.43. The van der Waals surface area contributed by atoms with Crippen molar-refractivity contribution < 1.29 is 22.7 Å². The Bertz CT molecular complexity index is 1510. The van der Waals surface area contributed by atoms with Crippen LogP contribution in [0, 0.1) is 12.8 Å². The number of hydrogen-bond donors (Lipinski definition) is 2. The summed E-state index contributed by atoms with van der Waals surface area (Å²) in [5, 5.41) is 6.35. The topological polar surface area (TPSA) is 107 Å². The van der Waals surface area contributed by atoms with Crippen LogP contribution in [-0.2, 0) is 27.4 Å². The van der Waals surface area contributed by atoms with E-state index in [9.17, 15) is 13.2 Å². The molecule has 3 aromatic rings. The van der Waals surface area contributed by atoms with Gasteiger partial charge in [-0.25, -0.2) is 8.42 Å². The number of sulfone groups is 1. The second-order valence-corrected chi connectivity index (χ2v) is 14.1. The molecule has 0 atom stereocenters. The third-order valence-electron chi connectivity index (χ3n) is 7.32. The van der Waals surface area contributed by atoms with Crippen molar-refractivity contribution in [2.45, 2.75) is 58.1 Å². The molecule has 2 N–H and O–H groups in total. The third-order valence-corrected chi connectivity index (χ3v) is 8.16. The predicted molar refractivity (Wildman–Crippen MR) is 163 cm³/mol. The Balaban J connectivity index is 1.58. The summed E-state index contributed by atoms with van der Waals surface area (Å²) in [7, 11) is -1.87. The highest BCUT2D eigenvalue weighted by atomic mass is 32.2. The molecule has 1 aliphatic rings. The van der Waals surface area contributed by atoms with Crippen LogP contribution in [0.25, 0.3) is 0 Å². The molecular weight excluding hydrogens is 538 g/mol. The minimum atomic E-state index is -3.34. The minimum absolute atomic E-state index is 0.197. The number of anilines is 1. The summed E-state index contributed by atoms with van der Waals surface area (Å²) in [4.78, 5) is 18.0. The van der Waals surface area contributed by atoms with Crippen LogP contribution < -0.4 is 20.1 Å². The molecule has 1 aliphatic heterocycles. The standard InChI is InChI=1S/C32H41N3O5S/c1-21-7-8-23(17-29(21)40-27-11-14-34-26(19-27)15-22-9-12-33-13-10-22)31(36)35-28-18-25(32(2,3)4)16-24(30(28)39-5)20-41(6,37)38/h7-8,11,14,16-19,22,33H,9-10,12-13,15,20H2,1-6H3,(H,35,36). The average molecular weight is 580 g/mol. The summed E-state index contributed by atoms with van der Waals surface area (Å²) >= 11 is 0. The van der Waals surface area contributed by atoms with Crippen LogP contribution in [0.15, 0.2) is 48.7 Å². The van der Waals surface area contributed by atoms with Gasteiger partial charge in [0.25, 0.3) is 5.91 Å². The van der Waals surface area contributed by atoms with Gasteiger partial charge >= 0.3 is 0 Å². The summed E-state index contributed by atoms with van der Waals surface area (Å²) < 4.78 is 36.2. The number of piperidine rings is 1. The van der Waals surface area contributed by atoms with Crippen molar-refractivity contribution in [3.63, 3.8) is 0 Å². The number of nitrogens with one attached hydrogen (secondary N) is 2. The molecule has 1 saturated heterocycles. The number of pyridine rings is 1. The molecule has 1 aromatic heterocycles. The van der Waals surface area contributed by atoms with E-state index in [0.717, 1.165) is 49.2 Å². The van der Waals surface area contributed by atoms with E-state index >= 15 is 0 Å². The Morgan fingerprint density at radius 2 is 1.83 bits per heavy atom. The van der Waals surface area contributed by atoms with Crippen molar-refractivity contribution in [3.8, 4) is 17.2 Å². The molecule has 0 radical (unpaired) electrons. The maximum absolute atomic E-state index is 13.5. The van der Waals surface area contributed by atoms with E-state index in [-0.39, 0.29) is 17.1 Å². The van der Waals surface area contributed by atoms with Crippen molar-refractivity contribution >= 4 is 21.4 Å². The van der Waals surface area contributed by atoms with E-state index in [1.54, 1.807) is 18.3 Å². The van der Waals surface area contributed by atoms with E-state index in [4.69, 9.17) is 9.47 Å². The summed E-state index contributed by atoms with van der Waals surface area (Å²) in [5.74, 6) is 1.64. The van der Waals surface area contributed by atoms with Crippen molar-refractivity contribution in [1.82, 2.24) is 10.3 Å². The smallest absolute Gasteiger partial charge is 0.255 e. The van der Waals surface area contributed by atoms with E-state index < -0.39 is 9.84 Å². The monoisotopic (exact) mass is 579 g/mol. The number of carbonyl (C=O) groups is 1. The highest BCUT2D eigenvalue weighted by molar-refractivity contribution is 7.89. The largest absolute Gasteiger partial charge is 0.494 e. The zero-order valence-corrected chi connectivity index (χ0v) is 25.7. The fourth-order valence-corrected chi connectivity index (χ4v) is 5.81. The van der Waals surface area contributed by atoms with Crippen molar-refractivity contribution in [3.05, 3.63) is 76.6 Å². The lowest BCUT2D eigenvalue weighted by atomic mass is 9.85. The van der Waals surface area contributed by atoms with Crippen LogP contribution in [-0.4, -0.2) is 45.8 Å². The maximum Gasteiger partial charge on any atom is 0.255 e. The van der Waals surface area contributed by atoms with Crippen molar-refractivity contribution in [2.75, 3.05) is 31.8 Å². The van der Waals surface area contributed by atoms with Crippen LogP contribution in [0.2, 0.25) is 0 Å². The number of amides is 1. The van der Waals surface area contributed by atoms with Gasteiger partial charge in [0, 0.05) is 35.3 Å². The number of nitrogens with zero attached hydrogens (tertiary/aromatic N) is 1. The predicted octanol–water partition coefficient (Wildman–Crippen LogP) is 5.83. The second kappa shape index (κ2) is 12.6. The molecule has 4 rings (SSSR count). The first-order chi connectivity index (χ1) is 19.3. The van der Waals surface area contributed by atoms with Crippen LogP contribution in [0.1, 0.15) is 66.4 Å². The van der Waals surface area contributed by atoms with Gasteiger partial charge in [-0.15, -0.1) is 0 Å². The Morgan fingerprint density at radius 1 is 1.10 bits per heavy atom. The maximum atomic E-state index is 13.5. The molecule has 0 aliphatic carbocycles. The summed E-state index contributed by atoms with van der Waals surface area (Å²) in [6.45, 7) is 10.1. The SMILES string of the molecule is COc1c(CS(C)(=O)=O)cc(C(C)(C)C)cc1NC(=O)c1ccc(C)c(Oc2ccnc(CC3CCNCC3)c2)c1. The van der Waals surface area contributed by atoms with Crippen LogP contribution in [0.4, 0.5) is 5.69 Å². The molecule has 0 bridgehead atoms. The van der Waals surface area contributed by atoms with Gasteiger partial charge in [0.2, 0.25) is 0 Å². The van der Waals surface area contributed by atoms with Gasteiger partial charge in [-0.2, -0.15) is 0 Å². The highest BCUT2D eigenvalue weighted by Gasteiger charge is 2.23. The molecule has 8 nitrogen and oxygen atoms in total. The molecule has 1 amide bonds. The molecule has 2 aromatic carbocycles. The molecule has 1 fully saturated rings. The zero-order valence-electron chi connectivity index (χ0n) is 24.8. The van der Waals surface area contributed by atoms with E-state index in [2.05, 4.69) is 15.6 Å². The summed E-state index contributed by atoms with van der Waals surface area (Å²) in [5.41, 5.74) is 3.82. The molecule has 9 heteroatoms. The van der Waals surface area contributed by atoms with Gasteiger partial charge in [0.05, 0.1) is 18.6 Å². The lowest BCUT2D eigenvalue weighted by Crippen LogP contribution is -2.28. The highest BCUT2D eigenvalue weighted by Crippen LogP contribution is 2.37. The molecule has 2 heterocycles. The first-order valence-corrected chi connectivity index (χ1v) is 16.0. The number of aryl methyl sites for hydroxylation is 1. The van der Waals surface area contributed by atoms with Gasteiger partial charge in [0.1, 0.15) is 17.2 Å². The Morgan fingerprint density at radius 3 is 2.49 bits per heavy atom. The molecule has 0 unspecified atom stereocenters. The number of carbonyl (C=O) groups excluding carboxylic acids is 1. The van der Waals surface area contributed by atoms with E-state index in [1.807, 2.05) is 58.0 Å². The number of aromatic nitrogens is 1. The molecule has 220 valence electrons. The van der Waals surface area contributed by atoms with Gasteiger partial charge in [-0.05, 0) is 86.0 Å². The quantitative estimate of drug-likeness (QED) is 0.329. The third kappa shape index (κ3) is 8.30. The van der Waals surface area contributed by atoms with Gasteiger partial charge in [0.15, 0.2) is 9.84 Å². The second-order valence-electron chi connectivity index (χ2n) is 12.0. The zero-order chi connectivity index (χ0) is 29.8. The summed E-state index contributed by atoms with van der Waals surface area (Å²) in [6, 6.07) is 12.8. The fourth-order valence-electron chi connectivity index (χ4n) is 5.03. The number of rotatable bonds is 9. The number of hydrogen-bond acceptors (Lipinski definition) is 7. The molecule has 0 saturated carbocycles. The number of methoxy groups -OCH3 is 1. The van der Waals surface area contributed by atoms with Gasteiger partial charge in [-0.3, -0.25) is 9.78 Å². The lowest BCUT2D eigenvalue weighted by molar-refractivity contribution is 0.102. The average Bonchev–Trinajstić information content (AvgIpc) is 2.89. The minimum Gasteiger partial charge on any atom is -0.494 e. The van der Waals surface area contributed by atoms with Gasteiger partial charge in [-0.1, -0.05) is 32.9 Å². The fraction of sp³-hybridized carbons (Fsp3) is 0.438. The Labute approximate surface area is 243 Å². The number of ether oxygens (including phenoxy) is 2. The van der Waals surface area contributed by atoms with Crippen LogP contribution in [0.5, 0.6) is 17.2 Å². The summed E-state index contributed by atoms with van der Waals surface area (Å²) in [6.07, 6.45) is 6.14. The van der Waals surface area contributed by atoms with E-state index in [0.29, 0.717) is 40.0 Å². The first kappa shape index (κ1) is 30.5. The van der Waals surface area contributed by atoms with Gasteiger partial charge < -0.3 is 20.1 Å².